The summed E-state index contributed by atoms with van der Waals surface area (Å²) in [6, 6.07) is 20.7. The Balaban J connectivity index is 2.08. The molecular weight excluding hydrogens is 330 g/mol. The number of hydrogen-bond acceptors (Lipinski definition) is 3. The Morgan fingerprint density at radius 1 is 1.16 bits per heavy atom. The summed E-state index contributed by atoms with van der Waals surface area (Å²) in [4.78, 5) is 1.91. The van der Waals surface area contributed by atoms with Gasteiger partial charge in [-0.3, -0.25) is 5.41 Å². The Bertz CT molecular complexity index is 709. The molecule has 0 radical (unpaired) electrons. The highest BCUT2D eigenvalue weighted by Gasteiger charge is 2.50. The van der Waals surface area contributed by atoms with Gasteiger partial charge in [0.2, 0.25) is 0 Å². The van der Waals surface area contributed by atoms with E-state index in [2.05, 4.69) is 36.5 Å². The molecular formula is C20H23N3OS. The van der Waals surface area contributed by atoms with Gasteiger partial charge in [-0.15, -0.1) is 0 Å². The van der Waals surface area contributed by atoms with Crippen LogP contribution in [-0.4, -0.2) is 35.7 Å². The zero-order valence-corrected chi connectivity index (χ0v) is 15.3. The van der Waals surface area contributed by atoms with Crippen molar-refractivity contribution in [2.45, 2.75) is 24.8 Å². The summed E-state index contributed by atoms with van der Waals surface area (Å²) in [7, 11) is 1.62. The monoisotopic (exact) mass is 353 g/mol. The third-order valence-corrected chi connectivity index (χ3v) is 5.15. The maximum absolute atomic E-state index is 9.04. The van der Waals surface area contributed by atoms with E-state index in [4.69, 9.17) is 22.4 Å². The van der Waals surface area contributed by atoms with Gasteiger partial charge in [-0.1, -0.05) is 60.7 Å². The normalized spacial score (nSPS) is 19.0. The second kappa shape index (κ2) is 7.33. The predicted molar refractivity (Wildman–Crippen MR) is 105 cm³/mol. The summed E-state index contributed by atoms with van der Waals surface area (Å²) in [6.07, 6.45) is 0.800. The molecule has 2 N–H and O–H groups in total. The van der Waals surface area contributed by atoms with E-state index in [9.17, 15) is 0 Å². The maximum atomic E-state index is 9.04. The van der Waals surface area contributed by atoms with E-state index in [1.165, 1.54) is 0 Å². The molecule has 1 unspecified atom stereocenters. The molecule has 130 valence electrons. The van der Waals surface area contributed by atoms with E-state index in [1.807, 2.05) is 41.3 Å². The van der Waals surface area contributed by atoms with E-state index >= 15 is 0 Å². The fraction of sp³-hybridized carbons (Fsp3) is 0.300. The lowest BCUT2D eigenvalue weighted by molar-refractivity contribution is 0.190. The molecule has 5 heteroatoms. The molecule has 0 spiro atoms. The zero-order chi connectivity index (χ0) is 17.9. The van der Waals surface area contributed by atoms with Crippen LogP contribution in [0.2, 0.25) is 0 Å². The van der Waals surface area contributed by atoms with Crippen LogP contribution in [0.3, 0.4) is 0 Å². The van der Waals surface area contributed by atoms with Gasteiger partial charge in [-0.05, 0) is 36.7 Å². The molecule has 0 amide bonds. The second-order valence-electron chi connectivity index (χ2n) is 6.32. The quantitative estimate of drug-likeness (QED) is 0.652. The molecule has 1 heterocycles. The van der Waals surface area contributed by atoms with Gasteiger partial charge in [0.15, 0.2) is 5.11 Å². The van der Waals surface area contributed by atoms with E-state index in [1.54, 1.807) is 7.11 Å². The first-order valence-electron chi connectivity index (χ1n) is 8.37. The standard InChI is InChI=1S/C20H23N3OS/c1-15-13-20(16-9-5-3-6-10-16,17-11-7-4-8-12-17)18(21)23(15)19(25)22-14-24-2/h3-12,15,21H,13-14H2,1-2H3,(H,22,25). The van der Waals surface area contributed by atoms with Gasteiger partial charge in [-0.25, -0.2) is 0 Å². The van der Waals surface area contributed by atoms with Gasteiger partial charge in [0.1, 0.15) is 12.6 Å². The van der Waals surface area contributed by atoms with Crippen molar-refractivity contribution in [1.29, 1.82) is 5.41 Å². The van der Waals surface area contributed by atoms with Crippen molar-refractivity contribution in [2.24, 2.45) is 0 Å². The summed E-state index contributed by atoms with van der Waals surface area (Å²) in [5, 5.41) is 12.6. The minimum atomic E-state index is -0.499. The molecule has 1 atom stereocenters. The van der Waals surface area contributed by atoms with Gasteiger partial charge in [0.05, 0.1) is 5.41 Å². The lowest BCUT2D eigenvalue weighted by Crippen LogP contribution is -2.47. The number of benzene rings is 2. The summed E-state index contributed by atoms with van der Waals surface area (Å²) >= 11 is 5.53. The summed E-state index contributed by atoms with van der Waals surface area (Å²) in [5.74, 6) is 0.506. The number of methoxy groups -OCH3 is 1. The molecule has 1 aliphatic heterocycles. The number of nitrogens with zero attached hydrogens (tertiary/aromatic N) is 1. The van der Waals surface area contributed by atoms with Crippen molar-refractivity contribution >= 4 is 23.2 Å². The van der Waals surface area contributed by atoms with Crippen LogP contribution in [0.5, 0.6) is 0 Å². The van der Waals surface area contributed by atoms with Gasteiger partial charge >= 0.3 is 0 Å². The predicted octanol–water partition coefficient (Wildman–Crippen LogP) is 3.52. The van der Waals surface area contributed by atoms with Gasteiger partial charge in [0.25, 0.3) is 0 Å². The maximum Gasteiger partial charge on any atom is 0.176 e. The molecule has 25 heavy (non-hydrogen) atoms. The van der Waals surface area contributed by atoms with Crippen LogP contribution >= 0.6 is 12.2 Å². The average molecular weight is 353 g/mol. The van der Waals surface area contributed by atoms with Gasteiger partial charge in [-0.2, -0.15) is 0 Å². The Hall–Kier alpha value is -2.24. The first-order chi connectivity index (χ1) is 12.1. The van der Waals surface area contributed by atoms with Crippen LogP contribution in [0.4, 0.5) is 0 Å². The van der Waals surface area contributed by atoms with E-state index in [0.717, 1.165) is 17.5 Å². The Morgan fingerprint density at radius 2 is 1.68 bits per heavy atom. The van der Waals surface area contributed by atoms with Crippen LogP contribution < -0.4 is 5.32 Å². The Morgan fingerprint density at radius 3 is 2.16 bits per heavy atom. The summed E-state index contributed by atoms with van der Waals surface area (Å²) in [5.41, 5.74) is 1.74. The van der Waals surface area contributed by atoms with Crippen molar-refractivity contribution in [2.75, 3.05) is 13.8 Å². The van der Waals surface area contributed by atoms with Gasteiger partial charge in [0, 0.05) is 13.2 Å². The lowest BCUT2D eigenvalue weighted by Gasteiger charge is -2.32. The summed E-state index contributed by atoms with van der Waals surface area (Å²) < 4.78 is 5.07. The molecule has 1 saturated heterocycles. The average Bonchev–Trinajstić information content (AvgIpc) is 2.92. The molecule has 0 bridgehead atoms. The number of amidine groups is 1. The molecule has 1 fully saturated rings. The summed E-state index contributed by atoms with van der Waals surface area (Å²) in [6.45, 7) is 2.45. The number of rotatable bonds is 4. The van der Waals surface area contributed by atoms with Crippen molar-refractivity contribution in [3.63, 3.8) is 0 Å². The smallest absolute Gasteiger partial charge is 0.176 e. The van der Waals surface area contributed by atoms with E-state index < -0.39 is 5.41 Å². The number of likely N-dealkylation sites (tertiary alicyclic amines) is 1. The number of ether oxygens (including phenoxy) is 1. The molecule has 0 aliphatic carbocycles. The minimum absolute atomic E-state index is 0.116. The van der Waals surface area contributed by atoms with Crippen molar-refractivity contribution in [3.8, 4) is 0 Å². The first kappa shape index (κ1) is 17.6. The molecule has 2 aromatic carbocycles. The molecule has 3 rings (SSSR count). The van der Waals surface area contributed by atoms with Crippen LogP contribution in [0.15, 0.2) is 60.7 Å². The lowest BCUT2D eigenvalue weighted by atomic mass is 9.72. The van der Waals surface area contributed by atoms with Crippen molar-refractivity contribution in [1.82, 2.24) is 10.2 Å². The van der Waals surface area contributed by atoms with Crippen molar-refractivity contribution < 1.29 is 4.74 Å². The third kappa shape index (κ3) is 3.05. The Kier molecular flexibility index (Phi) is 5.16. The fourth-order valence-corrected chi connectivity index (χ4v) is 4.03. The van der Waals surface area contributed by atoms with Gasteiger partial charge < -0.3 is 15.0 Å². The molecule has 2 aromatic rings. The Labute approximate surface area is 154 Å². The van der Waals surface area contributed by atoms with Crippen LogP contribution in [0.1, 0.15) is 24.5 Å². The van der Waals surface area contributed by atoms with Crippen LogP contribution in [0, 0.1) is 5.41 Å². The molecule has 0 aromatic heterocycles. The highest BCUT2D eigenvalue weighted by Crippen LogP contribution is 2.44. The fourth-order valence-electron chi connectivity index (χ4n) is 3.70. The SMILES string of the molecule is COCNC(=S)N1C(=N)C(c2ccccc2)(c2ccccc2)CC1C. The first-order valence-corrected chi connectivity index (χ1v) is 8.78. The highest BCUT2D eigenvalue weighted by atomic mass is 32.1. The molecule has 4 nitrogen and oxygen atoms in total. The van der Waals surface area contributed by atoms with Crippen LogP contribution in [0.25, 0.3) is 0 Å². The molecule has 0 saturated carbocycles. The second-order valence-corrected chi connectivity index (χ2v) is 6.71. The molecule has 1 aliphatic rings. The third-order valence-electron chi connectivity index (χ3n) is 4.81. The van der Waals surface area contributed by atoms with E-state index in [-0.39, 0.29) is 6.04 Å². The largest absolute Gasteiger partial charge is 0.365 e. The minimum Gasteiger partial charge on any atom is -0.365 e. The van der Waals surface area contributed by atoms with Crippen molar-refractivity contribution in [3.05, 3.63) is 71.8 Å². The zero-order valence-electron chi connectivity index (χ0n) is 14.5. The number of hydrogen-bond donors (Lipinski definition) is 2. The highest BCUT2D eigenvalue weighted by molar-refractivity contribution is 7.80. The van der Waals surface area contributed by atoms with Crippen LogP contribution in [-0.2, 0) is 10.2 Å². The number of nitrogens with one attached hydrogen (secondary N) is 2. The van der Waals surface area contributed by atoms with E-state index in [0.29, 0.717) is 17.7 Å². The number of thiocarbonyl (C=S) groups is 1. The topological polar surface area (TPSA) is 48.4 Å².